The molecular weight excluding hydrogens is 354 g/mol. The molecule has 0 aromatic heterocycles. The van der Waals surface area contributed by atoms with E-state index in [1.54, 1.807) is 12.1 Å². The van der Waals surface area contributed by atoms with Crippen LogP contribution < -0.4 is 0 Å². The van der Waals surface area contributed by atoms with Crippen LogP contribution in [-0.2, 0) is 0 Å². The SMILES string of the molecule is O=C1c2ccccc2C(=O)N1[C@@H]1CCC[C@@H]1c1ccc(Br)cc1. The average molecular weight is 370 g/mol. The fourth-order valence-electron chi connectivity index (χ4n) is 3.86. The number of rotatable bonds is 2. The van der Waals surface area contributed by atoms with E-state index in [1.807, 2.05) is 24.3 Å². The second-order valence-corrected chi connectivity index (χ2v) is 7.10. The lowest BCUT2D eigenvalue weighted by molar-refractivity contribution is 0.0574. The highest BCUT2D eigenvalue weighted by Crippen LogP contribution is 2.41. The van der Waals surface area contributed by atoms with Gasteiger partial charge < -0.3 is 0 Å². The second-order valence-electron chi connectivity index (χ2n) is 6.18. The second kappa shape index (κ2) is 5.60. The predicted octanol–water partition coefficient (Wildman–Crippen LogP) is 4.38. The molecule has 0 radical (unpaired) electrons. The highest BCUT2D eigenvalue weighted by Gasteiger charge is 2.44. The van der Waals surface area contributed by atoms with Crippen LogP contribution in [-0.4, -0.2) is 22.8 Å². The molecule has 0 bridgehead atoms. The van der Waals surface area contributed by atoms with Crippen molar-refractivity contribution in [2.24, 2.45) is 0 Å². The molecule has 1 heterocycles. The van der Waals surface area contributed by atoms with Gasteiger partial charge in [0.2, 0.25) is 0 Å². The molecule has 2 amide bonds. The molecule has 2 aliphatic rings. The summed E-state index contributed by atoms with van der Waals surface area (Å²) in [6.07, 6.45) is 2.94. The first-order valence-electron chi connectivity index (χ1n) is 7.89. The third-order valence-electron chi connectivity index (χ3n) is 4.93. The molecule has 2 aromatic carbocycles. The van der Waals surface area contributed by atoms with Gasteiger partial charge in [-0.2, -0.15) is 0 Å². The fourth-order valence-corrected chi connectivity index (χ4v) is 4.12. The van der Waals surface area contributed by atoms with Crippen LogP contribution in [0.25, 0.3) is 0 Å². The van der Waals surface area contributed by atoms with Gasteiger partial charge in [-0.1, -0.05) is 46.6 Å². The molecule has 2 atom stereocenters. The van der Waals surface area contributed by atoms with E-state index in [1.165, 1.54) is 10.5 Å². The smallest absolute Gasteiger partial charge is 0.261 e. The van der Waals surface area contributed by atoms with Crippen molar-refractivity contribution in [3.05, 3.63) is 69.7 Å². The molecule has 0 unspecified atom stereocenters. The van der Waals surface area contributed by atoms with Gasteiger partial charge in [0.25, 0.3) is 11.8 Å². The maximum Gasteiger partial charge on any atom is 0.261 e. The zero-order valence-corrected chi connectivity index (χ0v) is 14.1. The standard InChI is InChI=1S/C19H16BrNO2/c20-13-10-8-12(9-11-13)14-6-3-7-17(14)21-18(22)15-4-1-2-5-16(15)19(21)23/h1-2,4-5,8-11,14,17H,3,6-7H2/t14-,17-/m1/s1. The molecule has 4 rings (SSSR count). The van der Waals surface area contributed by atoms with Gasteiger partial charge in [0, 0.05) is 16.4 Å². The molecule has 0 saturated heterocycles. The summed E-state index contributed by atoms with van der Waals surface area (Å²) in [6.45, 7) is 0. The molecule has 1 aliphatic heterocycles. The normalized spacial score (nSPS) is 23.4. The summed E-state index contributed by atoms with van der Waals surface area (Å²) in [7, 11) is 0. The summed E-state index contributed by atoms with van der Waals surface area (Å²) >= 11 is 3.46. The van der Waals surface area contributed by atoms with Crippen LogP contribution in [0.3, 0.4) is 0 Å². The van der Waals surface area contributed by atoms with Crippen molar-refractivity contribution in [2.75, 3.05) is 0 Å². The highest BCUT2D eigenvalue weighted by atomic mass is 79.9. The number of carbonyl (C=O) groups is 2. The van der Waals surface area contributed by atoms with E-state index in [9.17, 15) is 9.59 Å². The first-order chi connectivity index (χ1) is 11.2. The Morgan fingerprint density at radius 3 is 2.09 bits per heavy atom. The van der Waals surface area contributed by atoms with Gasteiger partial charge in [-0.25, -0.2) is 0 Å². The lowest BCUT2D eigenvalue weighted by Gasteiger charge is -2.28. The molecule has 0 spiro atoms. The molecule has 23 heavy (non-hydrogen) atoms. The average Bonchev–Trinajstić information content (AvgIpc) is 3.13. The van der Waals surface area contributed by atoms with Crippen molar-refractivity contribution in [2.45, 2.75) is 31.2 Å². The van der Waals surface area contributed by atoms with E-state index in [4.69, 9.17) is 0 Å². The van der Waals surface area contributed by atoms with Crippen LogP contribution in [0.15, 0.2) is 53.0 Å². The summed E-state index contributed by atoms with van der Waals surface area (Å²) in [6, 6.07) is 15.3. The van der Waals surface area contributed by atoms with Crippen LogP contribution >= 0.6 is 15.9 Å². The monoisotopic (exact) mass is 369 g/mol. The van der Waals surface area contributed by atoms with Gasteiger partial charge in [-0.3, -0.25) is 14.5 Å². The van der Waals surface area contributed by atoms with Crippen molar-refractivity contribution < 1.29 is 9.59 Å². The number of halogens is 1. The highest BCUT2D eigenvalue weighted by molar-refractivity contribution is 9.10. The van der Waals surface area contributed by atoms with Gasteiger partial charge in [-0.15, -0.1) is 0 Å². The zero-order valence-electron chi connectivity index (χ0n) is 12.5. The Balaban J connectivity index is 1.69. The number of fused-ring (bicyclic) bond motifs is 1. The molecule has 1 aliphatic carbocycles. The Bertz CT molecular complexity index is 749. The van der Waals surface area contributed by atoms with Crippen LogP contribution in [0.5, 0.6) is 0 Å². The maximum absolute atomic E-state index is 12.7. The van der Waals surface area contributed by atoms with E-state index < -0.39 is 0 Å². The van der Waals surface area contributed by atoms with Gasteiger partial charge in [-0.05, 0) is 42.7 Å². The minimum atomic E-state index is -0.139. The summed E-state index contributed by atoms with van der Waals surface area (Å²) in [5.74, 6) is -0.0514. The molecular formula is C19H16BrNO2. The van der Waals surface area contributed by atoms with Crippen molar-refractivity contribution >= 4 is 27.7 Å². The minimum Gasteiger partial charge on any atom is -0.271 e. The topological polar surface area (TPSA) is 37.4 Å². The maximum atomic E-state index is 12.7. The van der Waals surface area contributed by atoms with Crippen LogP contribution in [0.2, 0.25) is 0 Å². The summed E-state index contributed by atoms with van der Waals surface area (Å²) in [5, 5.41) is 0. The molecule has 3 nitrogen and oxygen atoms in total. The van der Waals surface area contributed by atoms with Crippen LogP contribution in [0.4, 0.5) is 0 Å². The quantitative estimate of drug-likeness (QED) is 0.736. The van der Waals surface area contributed by atoms with Gasteiger partial charge >= 0.3 is 0 Å². The minimum absolute atomic E-state index is 0.0384. The molecule has 1 fully saturated rings. The Labute approximate surface area is 143 Å². The molecule has 1 saturated carbocycles. The van der Waals surface area contributed by atoms with Crippen LogP contribution in [0.1, 0.15) is 51.5 Å². The number of hydrogen-bond donors (Lipinski definition) is 0. The number of amides is 2. The molecule has 116 valence electrons. The lowest BCUT2D eigenvalue weighted by Crippen LogP contribution is -2.41. The number of carbonyl (C=O) groups excluding carboxylic acids is 2. The van der Waals surface area contributed by atoms with E-state index in [0.717, 1.165) is 23.7 Å². The van der Waals surface area contributed by atoms with Crippen molar-refractivity contribution in [3.8, 4) is 0 Å². The Morgan fingerprint density at radius 2 is 1.48 bits per heavy atom. The van der Waals surface area contributed by atoms with Crippen molar-refractivity contribution in [3.63, 3.8) is 0 Å². The first-order valence-corrected chi connectivity index (χ1v) is 8.68. The number of benzene rings is 2. The van der Waals surface area contributed by atoms with E-state index in [0.29, 0.717) is 11.1 Å². The van der Waals surface area contributed by atoms with E-state index in [2.05, 4.69) is 28.1 Å². The fraction of sp³-hybridized carbons (Fsp3) is 0.263. The number of imide groups is 1. The Hall–Kier alpha value is -1.94. The third-order valence-corrected chi connectivity index (χ3v) is 5.46. The van der Waals surface area contributed by atoms with Gasteiger partial charge in [0.15, 0.2) is 0 Å². The number of hydrogen-bond acceptors (Lipinski definition) is 2. The Morgan fingerprint density at radius 1 is 0.870 bits per heavy atom. The van der Waals surface area contributed by atoms with Crippen molar-refractivity contribution in [1.29, 1.82) is 0 Å². The van der Waals surface area contributed by atoms with Crippen molar-refractivity contribution in [1.82, 2.24) is 4.90 Å². The van der Waals surface area contributed by atoms with Gasteiger partial charge in [0.1, 0.15) is 0 Å². The van der Waals surface area contributed by atoms with E-state index >= 15 is 0 Å². The predicted molar refractivity (Wildman–Crippen MR) is 91.5 cm³/mol. The zero-order chi connectivity index (χ0) is 16.0. The van der Waals surface area contributed by atoms with Gasteiger partial charge in [0.05, 0.1) is 11.1 Å². The molecule has 0 N–H and O–H groups in total. The molecule has 2 aromatic rings. The summed E-state index contributed by atoms with van der Waals surface area (Å²) in [5.41, 5.74) is 2.28. The first kappa shape index (κ1) is 14.6. The molecule has 4 heteroatoms. The van der Waals surface area contributed by atoms with E-state index in [-0.39, 0.29) is 23.8 Å². The lowest BCUT2D eigenvalue weighted by atomic mass is 9.93. The Kier molecular flexibility index (Phi) is 3.57. The summed E-state index contributed by atoms with van der Waals surface area (Å²) in [4.78, 5) is 26.9. The van der Waals surface area contributed by atoms with Crippen LogP contribution in [0, 0.1) is 0 Å². The number of nitrogens with zero attached hydrogens (tertiary/aromatic N) is 1. The summed E-state index contributed by atoms with van der Waals surface area (Å²) < 4.78 is 1.04. The largest absolute Gasteiger partial charge is 0.271 e. The third kappa shape index (κ3) is 2.32.